The van der Waals surface area contributed by atoms with Crippen LogP contribution in [0.5, 0.6) is 0 Å². The van der Waals surface area contributed by atoms with Crippen LogP contribution in [0.4, 0.5) is 0 Å². The Bertz CT molecular complexity index is 411. The van der Waals surface area contributed by atoms with E-state index in [0.29, 0.717) is 29.9 Å². The molecule has 0 aliphatic carbocycles. The Morgan fingerprint density at radius 1 is 0.556 bits per heavy atom. The van der Waals surface area contributed by atoms with Gasteiger partial charge in [-0.15, -0.1) is 0 Å². The van der Waals surface area contributed by atoms with E-state index in [0.717, 1.165) is 0 Å². The first kappa shape index (κ1) is 14.0. The summed E-state index contributed by atoms with van der Waals surface area (Å²) in [6.45, 7) is 0. The van der Waals surface area contributed by atoms with E-state index >= 15 is 0 Å². The maximum atomic E-state index is 2.13. The Morgan fingerprint density at radius 3 is 1.44 bits per heavy atom. The SMILES string of the molecule is C1CSC2=C(S1)S/C(=C1\SC3=C(SCCS3)[Se]1)[Se]2. The molecule has 4 rings (SSSR count). The van der Waals surface area contributed by atoms with Crippen molar-refractivity contribution in [1.29, 1.82) is 0 Å². The predicted octanol–water partition coefficient (Wildman–Crippen LogP) is 4.23. The molecule has 0 saturated heterocycles. The van der Waals surface area contributed by atoms with E-state index in [9.17, 15) is 0 Å². The summed E-state index contributed by atoms with van der Waals surface area (Å²) < 4.78 is 10.2. The van der Waals surface area contributed by atoms with Gasteiger partial charge < -0.3 is 0 Å². The number of rotatable bonds is 0. The van der Waals surface area contributed by atoms with Crippen LogP contribution in [-0.4, -0.2) is 52.9 Å². The third-order valence-electron chi connectivity index (χ3n) is 2.34. The van der Waals surface area contributed by atoms with Crippen LogP contribution in [0.15, 0.2) is 23.7 Å². The minimum atomic E-state index is 0.645. The molecule has 4 aliphatic heterocycles. The van der Waals surface area contributed by atoms with E-state index in [2.05, 4.69) is 70.6 Å². The second-order valence-electron chi connectivity index (χ2n) is 3.53. The summed E-state index contributed by atoms with van der Waals surface area (Å²) >= 11 is 14.0. The quantitative estimate of drug-likeness (QED) is 0.475. The van der Waals surface area contributed by atoms with Crippen molar-refractivity contribution >= 4 is 100 Å². The molecule has 0 saturated carbocycles. The fraction of sp³-hybridized carbons (Fsp3) is 0.400. The molecule has 0 fully saturated rings. The first-order chi connectivity index (χ1) is 8.90. The predicted molar refractivity (Wildman–Crippen MR) is 97.6 cm³/mol. The van der Waals surface area contributed by atoms with Gasteiger partial charge in [-0.25, -0.2) is 0 Å². The molecule has 0 aromatic rings. The molecule has 0 aromatic carbocycles. The second kappa shape index (κ2) is 6.23. The maximum absolute atomic E-state index is 2.13. The Kier molecular flexibility index (Phi) is 4.84. The zero-order valence-electron chi connectivity index (χ0n) is 9.09. The molecule has 4 aliphatic rings. The minimum absolute atomic E-state index is 0.645. The molecule has 0 N–H and O–H groups in total. The van der Waals surface area contributed by atoms with E-state index in [1.807, 2.05) is 0 Å². The van der Waals surface area contributed by atoms with Gasteiger partial charge in [-0.05, 0) is 0 Å². The first-order valence-electron chi connectivity index (χ1n) is 5.35. The normalized spacial score (nSPS) is 32.0. The summed E-state index contributed by atoms with van der Waals surface area (Å²) in [5.74, 6) is 5.28. The van der Waals surface area contributed by atoms with Crippen molar-refractivity contribution in [3.63, 3.8) is 0 Å². The van der Waals surface area contributed by atoms with Crippen LogP contribution in [0.3, 0.4) is 0 Å². The Morgan fingerprint density at radius 2 is 1.00 bits per heavy atom. The van der Waals surface area contributed by atoms with Gasteiger partial charge in [-0.1, -0.05) is 0 Å². The number of hydrogen-bond donors (Lipinski definition) is 0. The molecule has 0 nitrogen and oxygen atoms in total. The second-order valence-corrected chi connectivity index (χ2v) is 17.1. The van der Waals surface area contributed by atoms with Crippen molar-refractivity contribution in [2.75, 3.05) is 23.0 Å². The molecular weight excluding hydrogens is 470 g/mol. The number of thioether (sulfide) groups is 6. The van der Waals surface area contributed by atoms with Crippen molar-refractivity contribution in [3.05, 3.63) is 23.7 Å². The first-order valence-corrected chi connectivity index (χ1v) is 14.4. The van der Waals surface area contributed by atoms with Gasteiger partial charge in [-0.3, -0.25) is 0 Å². The molecule has 96 valence electrons. The molecule has 4 heterocycles. The van der Waals surface area contributed by atoms with E-state index in [4.69, 9.17) is 0 Å². The van der Waals surface area contributed by atoms with Crippen molar-refractivity contribution in [1.82, 2.24) is 0 Å². The van der Waals surface area contributed by atoms with Crippen molar-refractivity contribution in [2.45, 2.75) is 0 Å². The fourth-order valence-electron chi connectivity index (χ4n) is 1.60. The van der Waals surface area contributed by atoms with E-state index in [-0.39, 0.29) is 0 Å². The van der Waals surface area contributed by atoms with Crippen molar-refractivity contribution in [3.8, 4) is 0 Å². The third-order valence-corrected chi connectivity index (χ3v) is 19.7. The van der Waals surface area contributed by atoms with Crippen LogP contribution in [0.1, 0.15) is 0 Å². The van der Waals surface area contributed by atoms with Gasteiger partial charge in [0.2, 0.25) is 0 Å². The molecule has 0 atom stereocenters. The molecule has 0 unspecified atom stereocenters. The standard InChI is InChI=1S/C10H8S6Se2/c1-3-13-7-5(11-1)15-9(17-7)10-16-6-8(18-10)14-4-2-12-6/h1-4H2/b10-9-. The summed E-state index contributed by atoms with van der Waals surface area (Å²) in [6.07, 6.45) is 0. The van der Waals surface area contributed by atoms with Crippen LogP contribution in [-0.2, 0) is 0 Å². The van der Waals surface area contributed by atoms with Gasteiger partial charge in [0.25, 0.3) is 0 Å². The molecule has 0 amide bonds. The van der Waals surface area contributed by atoms with Crippen LogP contribution in [0.25, 0.3) is 0 Å². The summed E-state index contributed by atoms with van der Waals surface area (Å²) in [4.78, 5) is 0. The molecule has 0 bridgehead atoms. The Labute approximate surface area is 145 Å². The van der Waals surface area contributed by atoms with Gasteiger partial charge in [0.1, 0.15) is 0 Å². The Balaban J connectivity index is 1.54. The van der Waals surface area contributed by atoms with Gasteiger partial charge in [0.15, 0.2) is 0 Å². The van der Waals surface area contributed by atoms with Gasteiger partial charge in [0.05, 0.1) is 0 Å². The average molecular weight is 478 g/mol. The zero-order chi connectivity index (χ0) is 11.9. The Hall–Kier alpha value is 2.36. The molecule has 0 spiro atoms. The average Bonchev–Trinajstić information content (AvgIpc) is 3.02. The monoisotopic (exact) mass is 480 g/mol. The molecule has 0 radical (unpaired) electrons. The topological polar surface area (TPSA) is 0 Å². The summed E-state index contributed by atoms with van der Waals surface area (Å²) in [5, 5.41) is 0. The van der Waals surface area contributed by atoms with Crippen LogP contribution in [0.2, 0.25) is 0 Å². The van der Waals surface area contributed by atoms with Gasteiger partial charge >= 0.3 is 147 Å². The molecule has 8 heteroatoms. The number of hydrogen-bond acceptors (Lipinski definition) is 6. The van der Waals surface area contributed by atoms with Gasteiger partial charge in [0, 0.05) is 0 Å². The zero-order valence-corrected chi connectivity index (χ0v) is 17.4. The van der Waals surface area contributed by atoms with Crippen molar-refractivity contribution < 1.29 is 0 Å². The summed E-state index contributed by atoms with van der Waals surface area (Å²) in [7, 11) is 0. The van der Waals surface area contributed by atoms with Crippen molar-refractivity contribution in [2.24, 2.45) is 0 Å². The van der Waals surface area contributed by atoms with Crippen LogP contribution >= 0.6 is 70.6 Å². The van der Waals surface area contributed by atoms with Crippen LogP contribution < -0.4 is 0 Å². The van der Waals surface area contributed by atoms with Crippen LogP contribution in [0, 0.1) is 0 Å². The fourth-order valence-corrected chi connectivity index (χ4v) is 19.8. The van der Waals surface area contributed by atoms with Gasteiger partial charge in [-0.2, -0.15) is 0 Å². The third kappa shape index (κ3) is 2.81. The molecular formula is C10H8S6Se2. The van der Waals surface area contributed by atoms with E-state index < -0.39 is 0 Å². The molecule has 18 heavy (non-hydrogen) atoms. The summed E-state index contributed by atoms with van der Waals surface area (Å²) in [5.41, 5.74) is 0. The van der Waals surface area contributed by atoms with E-state index in [1.54, 1.807) is 23.7 Å². The summed E-state index contributed by atoms with van der Waals surface area (Å²) in [6, 6.07) is 0. The molecule has 0 aromatic heterocycles. The van der Waals surface area contributed by atoms with E-state index in [1.165, 1.54) is 23.0 Å².